The van der Waals surface area contributed by atoms with E-state index in [4.69, 9.17) is 4.74 Å². The molecule has 0 amide bonds. The molecule has 2 aliphatic rings. The number of carbonyl (C=O) groups is 1. The maximum absolute atomic E-state index is 11.2. The maximum atomic E-state index is 11.2. The van der Waals surface area contributed by atoms with Crippen molar-refractivity contribution in [3.63, 3.8) is 0 Å². The van der Waals surface area contributed by atoms with Crippen molar-refractivity contribution in [2.24, 2.45) is 0 Å². The smallest absolute Gasteiger partial charge is 0.322 e. The van der Waals surface area contributed by atoms with Gasteiger partial charge in [-0.2, -0.15) is 0 Å². The summed E-state index contributed by atoms with van der Waals surface area (Å²) in [5, 5.41) is 12.4. The summed E-state index contributed by atoms with van der Waals surface area (Å²) < 4.78 is 5.51. The van der Waals surface area contributed by atoms with E-state index in [1.54, 1.807) is 0 Å². The standard InChI is InChI=1S/C12H22N2O3/c1-8-11(5-6-17-8)14(2)7-10(12(15)16)13-9-3-4-9/h8-11,13H,3-7H2,1-2H3,(H,15,16). The minimum Gasteiger partial charge on any atom is -0.480 e. The first-order chi connectivity index (χ1) is 8.08. The van der Waals surface area contributed by atoms with Crippen molar-refractivity contribution in [3.05, 3.63) is 0 Å². The first-order valence-corrected chi connectivity index (χ1v) is 6.38. The van der Waals surface area contributed by atoms with E-state index in [1.165, 1.54) is 0 Å². The summed E-state index contributed by atoms with van der Waals surface area (Å²) in [7, 11) is 1.99. The van der Waals surface area contributed by atoms with Crippen molar-refractivity contribution < 1.29 is 14.6 Å². The second-order valence-electron chi connectivity index (χ2n) is 5.20. The Hall–Kier alpha value is -0.650. The van der Waals surface area contributed by atoms with E-state index in [1.807, 2.05) is 7.05 Å². The molecule has 0 aromatic rings. The van der Waals surface area contributed by atoms with Gasteiger partial charge in [0, 0.05) is 25.2 Å². The highest BCUT2D eigenvalue weighted by atomic mass is 16.5. The molecule has 0 bridgehead atoms. The first kappa shape index (κ1) is 12.8. The van der Waals surface area contributed by atoms with Crippen LogP contribution in [0.3, 0.4) is 0 Å². The summed E-state index contributed by atoms with van der Waals surface area (Å²) in [4.78, 5) is 13.3. The van der Waals surface area contributed by atoms with Gasteiger partial charge in [0.1, 0.15) is 6.04 Å². The Bertz CT molecular complexity index is 281. The highest BCUT2D eigenvalue weighted by Crippen LogP contribution is 2.21. The van der Waals surface area contributed by atoms with Gasteiger partial charge < -0.3 is 15.2 Å². The minimum atomic E-state index is -0.754. The molecule has 3 unspecified atom stereocenters. The van der Waals surface area contributed by atoms with Crippen LogP contribution in [0.4, 0.5) is 0 Å². The van der Waals surface area contributed by atoms with Crippen molar-refractivity contribution in [2.75, 3.05) is 20.2 Å². The lowest BCUT2D eigenvalue weighted by atomic mass is 10.1. The van der Waals surface area contributed by atoms with Crippen LogP contribution in [-0.2, 0) is 9.53 Å². The van der Waals surface area contributed by atoms with E-state index in [-0.39, 0.29) is 6.10 Å². The van der Waals surface area contributed by atoms with Crippen LogP contribution in [-0.4, -0.2) is 60.4 Å². The van der Waals surface area contributed by atoms with Crippen LogP contribution in [0.2, 0.25) is 0 Å². The normalized spacial score (nSPS) is 30.8. The Labute approximate surface area is 102 Å². The number of carboxylic acids is 1. The number of hydrogen-bond donors (Lipinski definition) is 2. The van der Waals surface area contributed by atoms with Gasteiger partial charge in [0.2, 0.25) is 0 Å². The molecule has 0 aromatic heterocycles. The molecule has 2 fully saturated rings. The third-order valence-corrected chi connectivity index (χ3v) is 3.69. The van der Waals surface area contributed by atoms with Crippen LogP contribution >= 0.6 is 0 Å². The molecule has 1 aliphatic heterocycles. The molecule has 5 heteroatoms. The molecule has 17 heavy (non-hydrogen) atoms. The maximum Gasteiger partial charge on any atom is 0.322 e. The number of rotatable bonds is 6. The molecule has 2 rings (SSSR count). The van der Waals surface area contributed by atoms with E-state index >= 15 is 0 Å². The fourth-order valence-corrected chi connectivity index (χ4v) is 2.46. The summed E-state index contributed by atoms with van der Waals surface area (Å²) in [5.41, 5.74) is 0. The number of nitrogens with one attached hydrogen (secondary N) is 1. The van der Waals surface area contributed by atoms with Crippen LogP contribution in [0.5, 0.6) is 0 Å². The zero-order valence-electron chi connectivity index (χ0n) is 10.6. The Morgan fingerprint density at radius 2 is 2.24 bits per heavy atom. The van der Waals surface area contributed by atoms with Gasteiger partial charge in [0.05, 0.1) is 6.10 Å². The van der Waals surface area contributed by atoms with Crippen LogP contribution in [0.25, 0.3) is 0 Å². The Morgan fingerprint density at radius 1 is 1.53 bits per heavy atom. The number of hydrogen-bond acceptors (Lipinski definition) is 4. The lowest BCUT2D eigenvalue weighted by Gasteiger charge is -2.29. The van der Waals surface area contributed by atoms with Gasteiger partial charge in [-0.05, 0) is 33.2 Å². The highest BCUT2D eigenvalue weighted by molar-refractivity contribution is 5.73. The third-order valence-electron chi connectivity index (χ3n) is 3.69. The van der Waals surface area contributed by atoms with Gasteiger partial charge in [0.15, 0.2) is 0 Å². The first-order valence-electron chi connectivity index (χ1n) is 6.38. The number of likely N-dealkylation sites (N-methyl/N-ethyl adjacent to an activating group) is 1. The van der Waals surface area contributed by atoms with Crippen molar-refractivity contribution in [3.8, 4) is 0 Å². The summed E-state index contributed by atoms with van der Waals surface area (Å²) in [6.07, 6.45) is 3.41. The van der Waals surface area contributed by atoms with Crippen LogP contribution in [0, 0.1) is 0 Å². The van der Waals surface area contributed by atoms with Crippen molar-refractivity contribution in [2.45, 2.75) is 50.4 Å². The monoisotopic (exact) mass is 242 g/mol. The summed E-state index contributed by atoms with van der Waals surface area (Å²) >= 11 is 0. The lowest BCUT2D eigenvalue weighted by molar-refractivity contribution is -0.140. The molecule has 0 aromatic carbocycles. The zero-order chi connectivity index (χ0) is 12.4. The zero-order valence-corrected chi connectivity index (χ0v) is 10.6. The topological polar surface area (TPSA) is 61.8 Å². The largest absolute Gasteiger partial charge is 0.480 e. The fraction of sp³-hybridized carbons (Fsp3) is 0.917. The molecular weight excluding hydrogens is 220 g/mol. The average molecular weight is 242 g/mol. The van der Waals surface area contributed by atoms with Crippen molar-refractivity contribution in [1.82, 2.24) is 10.2 Å². The number of nitrogens with zero attached hydrogens (tertiary/aromatic N) is 1. The second-order valence-corrected chi connectivity index (χ2v) is 5.20. The quantitative estimate of drug-likeness (QED) is 0.701. The van der Waals surface area contributed by atoms with Gasteiger partial charge in [0.25, 0.3) is 0 Å². The van der Waals surface area contributed by atoms with Gasteiger partial charge in [-0.25, -0.2) is 0 Å². The van der Waals surface area contributed by atoms with E-state index in [9.17, 15) is 9.90 Å². The van der Waals surface area contributed by atoms with Crippen LogP contribution in [0.15, 0.2) is 0 Å². The third kappa shape index (κ3) is 3.40. The molecule has 3 atom stereocenters. The molecule has 0 radical (unpaired) electrons. The molecule has 1 heterocycles. The molecule has 98 valence electrons. The van der Waals surface area contributed by atoms with E-state index in [0.717, 1.165) is 25.9 Å². The van der Waals surface area contributed by atoms with Gasteiger partial charge in [-0.3, -0.25) is 9.69 Å². The number of ether oxygens (including phenoxy) is 1. The molecule has 5 nitrogen and oxygen atoms in total. The fourth-order valence-electron chi connectivity index (χ4n) is 2.46. The number of carboxylic acid groups (broad SMARTS) is 1. The van der Waals surface area contributed by atoms with Crippen LogP contribution in [0.1, 0.15) is 26.2 Å². The Balaban J connectivity index is 1.85. The van der Waals surface area contributed by atoms with E-state index < -0.39 is 12.0 Å². The predicted octanol–water partition coefficient (Wildman–Crippen LogP) is 0.301. The van der Waals surface area contributed by atoms with Gasteiger partial charge in [-0.15, -0.1) is 0 Å². The molecular formula is C12H22N2O3. The average Bonchev–Trinajstić information content (AvgIpc) is 2.97. The predicted molar refractivity (Wildman–Crippen MR) is 64.0 cm³/mol. The highest BCUT2D eigenvalue weighted by Gasteiger charge is 2.33. The van der Waals surface area contributed by atoms with Gasteiger partial charge >= 0.3 is 5.97 Å². The summed E-state index contributed by atoms with van der Waals surface area (Å²) in [6, 6.07) is 0.305. The second kappa shape index (κ2) is 5.33. The Morgan fingerprint density at radius 3 is 2.71 bits per heavy atom. The van der Waals surface area contributed by atoms with Crippen molar-refractivity contribution in [1.29, 1.82) is 0 Å². The van der Waals surface area contributed by atoms with E-state index in [0.29, 0.717) is 18.6 Å². The van der Waals surface area contributed by atoms with Crippen molar-refractivity contribution >= 4 is 5.97 Å². The number of aliphatic carboxylic acids is 1. The lowest BCUT2D eigenvalue weighted by Crippen LogP contribution is -2.49. The SMILES string of the molecule is CC1OCCC1N(C)CC(NC1CC1)C(=O)O. The molecule has 1 saturated carbocycles. The van der Waals surface area contributed by atoms with Gasteiger partial charge in [-0.1, -0.05) is 0 Å². The van der Waals surface area contributed by atoms with E-state index in [2.05, 4.69) is 17.1 Å². The minimum absolute atomic E-state index is 0.204. The summed E-state index contributed by atoms with van der Waals surface area (Å²) in [6.45, 7) is 3.38. The molecule has 1 aliphatic carbocycles. The molecule has 0 spiro atoms. The summed E-state index contributed by atoms with van der Waals surface area (Å²) in [5.74, 6) is -0.754. The Kier molecular flexibility index (Phi) is 4.01. The van der Waals surface area contributed by atoms with Crippen LogP contribution < -0.4 is 5.32 Å². The molecule has 2 N–H and O–H groups in total. The molecule has 1 saturated heterocycles.